The number of nitrogens with two attached hydrogens (primary N) is 1. The molecule has 0 radical (unpaired) electrons. The van der Waals surface area contributed by atoms with Crippen molar-refractivity contribution >= 4 is 16.8 Å². The maximum absolute atomic E-state index is 14.3. The predicted octanol–water partition coefficient (Wildman–Crippen LogP) is 2.90. The number of H-pyrrole nitrogens is 1. The summed E-state index contributed by atoms with van der Waals surface area (Å²) in [7, 11) is 0. The Hall–Kier alpha value is -3.88. The highest BCUT2D eigenvalue weighted by atomic mass is 19.1. The smallest absolute Gasteiger partial charge is 0.259 e. The van der Waals surface area contributed by atoms with Crippen LogP contribution in [0.3, 0.4) is 0 Å². The van der Waals surface area contributed by atoms with Gasteiger partial charge in [-0.3, -0.25) is 9.59 Å². The van der Waals surface area contributed by atoms with Crippen LogP contribution in [0.15, 0.2) is 53.5 Å². The van der Waals surface area contributed by atoms with Gasteiger partial charge in [-0.1, -0.05) is 6.07 Å². The number of aromatic nitrogens is 3. The van der Waals surface area contributed by atoms with Gasteiger partial charge in [0.15, 0.2) is 11.6 Å². The summed E-state index contributed by atoms with van der Waals surface area (Å²) >= 11 is 0. The average molecular weight is 384 g/mol. The zero-order valence-electron chi connectivity index (χ0n) is 14.0. The van der Waals surface area contributed by atoms with Gasteiger partial charge >= 0.3 is 0 Å². The van der Waals surface area contributed by atoms with Crippen LogP contribution in [0.2, 0.25) is 0 Å². The Morgan fingerprint density at radius 3 is 2.46 bits per heavy atom. The summed E-state index contributed by atoms with van der Waals surface area (Å²) in [5.41, 5.74) is 4.10. The SMILES string of the molecule is NC(=O)c1cc(F)cc(-c2nn(-c3c(F)cccc3F)c3cc[nH]c(=O)c23)c1. The molecule has 140 valence electrons. The van der Waals surface area contributed by atoms with Gasteiger partial charge in [0, 0.05) is 17.3 Å². The first-order chi connectivity index (χ1) is 13.4. The lowest BCUT2D eigenvalue weighted by Crippen LogP contribution is -2.11. The van der Waals surface area contributed by atoms with Crippen molar-refractivity contribution in [3.63, 3.8) is 0 Å². The molecule has 0 spiro atoms. The number of hydrogen-bond acceptors (Lipinski definition) is 3. The molecular weight excluding hydrogens is 373 g/mol. The van der Waals surface area contributed by atoms with E-state index in [1.165, 1.54) is 24.4 Å². The molecule has 0 atom stereocenters. The van der Waals surface area contributed by atoms with Gasteiger partial charge in [-0.2, -0.15) is 5.10 Å². The summed E-state index contributed by atoms with van der Waals surface area (Å²) in [5.74, 6) is -3.45. The summed E-state index contributed by atoms with van der Waals surface area (Å²) < 4.78 is 43.5. The van der Waals surface area contributed by atoms with E-state index in [9.17, 15) is 22.8 Å². The number of pyridine rings is 1. The van der Waals surface area contributed by atoms with E-state index in [0.29, 0.717) is 0 Å². The summed E-state index contributed by atoms with van der Waals surface area (Å²) in [6.45, 7) is 0. The second kappa shape index (κ2) is 6.38. The minimum atomic E-state index is -0.895. The van der Waals surface area contributed by atoms with E-state index in [4.69, 9.17) is 5.73 Å². The highest BCUT2D eigenvalue weighted by Gasteiger charge is 2.21. The lowest BCUT2D eigenvalue weighted by Gasteiger charge is -2.06. The third-order valence-corrected chi connectivity index (χ3v) is 4.21. The van der Waals surface area contributed by atoms with Crippen molar-refractivity contribution in [2.24, 2.45) is 5.73 Å². The van der Waals surface area contributed by atoms with Gasteiger partial charge in [-0.25, -0.2) is 17.9 Å². The lowest BCUT2D eigenvalue weighted by atomic mass is 10.1. The number of rotatable bonds is 3. The molecule has 0 saturated carbocycles. The first-order valence-electron chi connectivity index (χ1n) is 8.02. The second-order valence-corrected chi connectivity index (χ2v) is 5.99. The maximum Gasteiger partial charge on any atom is 0.259 e. The van der Waals surface area contributed by atoms with E-state index in [2.05, 4.69) is 10.1 Å². The van der Waals surface area contributed by atoms with Crippen molar-refractivity contribution in [3.05, 3.63) is 82.0 Å². The molecule has 0 unspecified atom stereocenters. The zero-order valence-corrected chi connectivity index (χ0v) is 14.0. The maximum atomic E-state index is 14.3. The molecule has 2 aromatic carbocycles. The first-order valence-corrected chi connectivity index (χ1v) is 8.02. The van der Waals surface area contributed by atoms with Crippen molar-refractivity contribution in [2.75, 3.05) is 0 Å². The van der Waals surface area contributed by atoms with Crippen molar-refractivity contribution in [1.29, 1.82) is 0 Å². The fourth-order valence-corrected chi connectivity index (χ4v) is 3.01. The number of benzene rings is 2. The number of carbonyl (C=O) groups excluding carboxylic acids is 1. The third kappa shape index (κ3) is 2.73. The van der Waals surface area contributed by atoms with Gasteiger partial charge in [-0.15, -0.1) is 0 Å². The number of hydrogen-bond donors (Lipinski definition) is 2. The molecule has 9 heteroatoms. The van der Waals surface area contributed by atoms with Crippen LogP contribution in [0, 0.1) is 17.5 Å². The molecule has 2 aromatic heterocycles. The van der Waals surface area contributed by atoms with Crippen molar-refractivity contribution in [2.45, 2.75) is 0 Å². The minimum Gasteiger partial charge on any atom is -0.366 e. The van der Waals surface area contributed by atoms with E-state index in [0.717, 1.165) is 28.9 Å². The summed E-state index contributed by atoms with van der Waals surface area (Å²) in [6.07, 6.45) is 1.30. The molecule has 4 aromatic rings. The molecule has 0 aliphatic heterocycles. The Kier molecular flexibility index (Phi) is 3.99. The molecule has 0 bridgehead atoms. The summed E-state index contributed by atoms with van der Waals surface area (Å²) in [5, 5.41) is 4.13. The number of nitrogens with zero attached hydrogens (tertiary/aromatic N) is 2. The van der Waals surface area contributed by atoms with Gasteiger partial charge in [0.2, 0.25) is 5.91 Å². The molecule has 3 N–H and O–H groups in total. The molecule has 6 nitrogen and oxygen atoms in total. The largest absolute Gasteiger partial charge is 0.366 e. The predicted molar refractivity (Wildman–Crippen MR) is 95.5 cm³/mol. The number of nitrogens with one attached hydrogen (secondary N) is 1. The Morgan fingerprint density at radius 1 is 1.07 bits per heavy atom. The number of carbonyl (C=O) groups is 1. The Bertz CT molecular complexity index is 1290. The average Bonchev–Trinajstić information content (AvgIpc) is 3.02. The van der Waals surface area contributed by atoms with Crippen molar-refractivity contribution in [1.82, 2.24) is 14.8 Å². The van der Waals surface area contributed by atoms with Crippen LogP contribution in [-0.4, -0.2) is 20.7 Å². The van der Waals surface area contributed by atoms with Crippen LogP contribution in [0.4, 0.5) is 13.2 Å². The topological polar surface area (TPSA) is 93.8 Å². The van der Waals surface area contributed by atoms with Crippen molar-refractivity contribution in [3.8, 4) is 16.9 Å². The van der Waals surface area contributed by atoms with Crippen molar-refractivity contribution < 1.29 is 18.0 Å². The number of halogens is 3. The molecule has 0 aliphatic carbocycles. The zero-order chi connectivity index (χ0) is 20.0. The summed E-state index contributed by atoms with van der Waals surface area (Å²) in [4.78, 5) is 26.3. The molecule has 2 heterocycles. The van der Waals surface area contributed by atoms with Gasteiger partial charge in [0.25, 0.3) is 5.56 Å². The number of fused-ring (bicyclic) bond motifs is 1. The van der Waals surface area contributed by atoms with Gasteiger partial charge in [0.1, 0.15) is 17.2 Å². The second-order valence-electron chi connectivity index (χ2n) is 5.99. The normalized spacial score (nSPS) is 11.1. The minimum absolute atomic E-state index is 0.0221. The summed E-state index contributed by atoms with van der Waals surface area (Å²) in [6, 6.07) is 7.93. The Labute approximate surface area is 155 Å². The molecule has 0 saturated heterocycles. The van der Waals surface area contributed by atoms with Gasteiger partial charge < -0.3 is 10.7 Å². The lowest BCUT2D eigenvalue weighted by molar-refractivity contribution is 0.1000. The number of aromatic amines is 1. The molecule has 0 aliphatic rings. The van der Waals surface area contributed by atoms with Crippen LogP contribution in [0.25, 0.3) is 27.8 Å². The van der Waals surface area contributed by atoms with Crippen LogP contribution >= 0.6 is 0 Å². The van der Waals surface area contributed by atoms with Crippen LogP contribution in [0.5, 0.6) is 0 Å². The van der Waals surface area contributed by atoms with Gasteiger partial charge in [0.05, 0.1) is 10.9 Å². The number of para-hydroxylation sites is 1. The van der Waals surface area contributed by atoms with Crippen LogP contribution in [-0.2, 0) is 0 Å². The highest BCUT2D eigenvalue weighted by molar-refractivity contribution is 5.97. The monoisotopic (exact) mass is 384 g/mol. The van der Waals surface area contributed by atoms with Gasteiger partial charge in [-0.05, 0) is 36.4 Å². The van der Waals surface area contributed by atoms with E-state index < -0.39 is 34.6 Å². The standard InChI is InChI=1S/C19H11F3N4O2/c20-11-7-9(6-10(8-11)18(23)27)16-15-14(4-5-24-19(15)28)26(25-16)17-12(21)2-1-3-13(17)22/h1-8H,(H2,23,27)(H,24,28). The fourth-order valence-electron chi connectivity index (χ4n) is 3.01. The van der Waals surface area contributed by atoms with E-state index in [1.807, 2.05) is 0 Å². The fraction of sp³-hybridized carbons (Fsp3) is 0. The van der Waals surface area contributed by atoms with E-state index in [1.54, 1.807) is 0 Å². The molecule has 28 heavy (non-hydrogen) atoms. The molecule has 1 amide bonds. The molecule has 0 fully saturated rings. The Morgan fingerprint density at radius 2 is 1.79 bits per heavy atom. The third-order valence-electron chi connectivity index (χ3n) is 4.21. The van der Waals surface area contributed by atoms with Crippen LogP contribution in [0.1, 0.15) is 10.4 Å². The van der Waals surface area contributed by atoms with Crippen LogP contribution < -0.4 is 11.3 Å². The first kappa shape index (κ1) is 17.5. The quantitative estimate of drug-likeness (QED) is 0.569. The van der Waals surface area contributed by atoms with E-state index >= 15 is 0 Å². The number of primary amides is 1. The molecular formula is C19H11F3N4O2. The Balaban J connectivity index is 2.10. The highest BCUT2D eigenvalue weighted by Crippen LogP contribution is 2.30. The van der Waals surface area contributed by atoms with E-state index in [-0.39, 0.29) is 27.7 Å². The number of amides is 1. The molecule has 4 rings (SSSR count).